The Morgan fingerprint density at radius 3 is 2.96 bits per heavy atom. The molecular weight excluding hydrogens is 396 g/mol. The minimum Gasteiger partial charge on any atom is -0.448 e. The number of amides is 1. The number of aromatic nitrogens is 3. The van der Waals surface area contributed by atoms with E-state index in [1.165, 1.54) is 5.56 Å². The lowest BCUT2D eigenvalue weighted by Crippen LogP contribution is -2.27. The monoisotopic (exact) mass is 414 g/mol. The first-order valence-electron chi connectivity index (χ1n) is 8.48. The third-order valence-electron chi connectivity index (χ3n) is 4.49. The van der Waals surface area contributed by atoms with Gasteiger partial charge in [-0.25, -0.2) is 0 Å². The standard InChI is InChI=1S/C19H19BrN4O2/c1-12-4-5-13-11-24(22-14(13)8-12)7-3-6-21-19(25)16-9-17-15(23(16)2)10-18(20)26-17/h4-5,8-11H,3,6-7H2,1-2H3,(H,21,25). The molecule has 0 aliphatic carbocycles. The number of halogens is 1. The molecule has 4 aromatic rings. The third-order valence-corrected chi connectivity index (χ3v) is 4.88. The Morgan fingerprint density at radius 1 is 1.31 bits per heavy atom. The Labute approximate surface area is 158 Å². The molecule has 0 unspecified atom stereocenters. The normalized spacial score (nSPS) is 11.5. The molecule has 134 valence electrons. The van der Waals surface area contributed by atoms with Crippen molar-refractivity contribution in [2.24, 2.45) is 7.05 Å². The van der Waals surface area contributed by atoms with Crippen LogP contribution in [0.4, 0.5) is 0 Å². The van der Waals surface area contributed by atoms with Crippen molar-refractivity contribution in [1.29, 1.82) is 0 Å². The van der Waals surface area contributed by atoms with Crippen molar-refractivity contribution >= 4 is 43.8 Å². The van der Waals surface area contributed by atoms with Crippen LogP contribution in [0.5, 0.6) is 0 Å². The highest BCUT2D eigenvalue weighted by Gasteiger charge is 2.16. The topological polar surface area (TPSA) is 65.0 Å². The van der Waals surface area contributed by atoms with Gasteiger partial charge in [-0.1, -0.05) is 12.1 Å². The SMILES string of the molecule is Cc1ccc2cn(CCCNC(=O)c3cc4oc(Br)cc4n3C)nc2c1. The van der Waals surface area contributed by atoms with Crippen molar-refractivity contribution in [2.45, 2.75) is 19.9 Å². The lowest BCUT2D eigenvalue weighted by molar-refractivity contribution is 0.0945. The first-order chi connectivity index (χ1) is 12.5. The Bertz CT molecular complexity index is 1110. The summed E-state index contributed by atoms with van der Waals surface area (Å²) in [4.78, 5) is 12.4. The molecule has 0 saturated carbocycles. The smallest absolute Gasteiger partial charge is 0.268 e. The van der Waals surface area contributed by atoms with E-state index in [0.717, 1.165) is 29.4 Å². The molecule has 3 heterocycles. The molecule has 0 bridgehead atoms. The van der Waals surface area contributed by atoms with Crippen molar-refractivity contribution < 1.29 is 9.21 Å². The van der Waals surface area contributed by atoms with Crippen molar-refractivity contribution in [3.63, 3.8) is 0 Å². The lowest BCUT2D eigenvalue weighted by atomic mass is 10.2. The maximum absolute atomic E-state index is 12.4. The van der Waals surface area contributed by atoms with E-state index in [2.05, 4.69) is 51.5 Å². The van der Waals surface area contributed by atoms with Gasteiger partial charge in [0.05, 0.1) is 11.0 Å². The summed E-state index contributed by atoms with van der Waals surface area (Å²) >= 11 is 3.30. The van der Waals surface area contributed by atoms with Crippen LogP contribution in [0.15, 0.2) is 45.6 Å². The summed E-state index contributed by atoms with van der Waals surface area (Å²) in [6, 6.07) is 9.87. The van der Waals surface area contributed by atoms with Crippen LogP contribution in [0, 0.1) is 6.92 Å². The molecule has 0 atom stereocenters. The van der Waals surface area contributed by atoms with Gasteiger partial charge >= 0.3 is 0 Å². The van der Waals surface area contributed by atoms with Crippen LogP contribution in [0.1, 0.15) is 22.5 Å². The van der Waals surface area contributed by atoms with E-state index in [1.807, 2.05) is 28.6 Å². The zero-order valence-corrected chi connectivity index (χ0v) is 16.2. The van der Waals surface area contributed by atoms with Crippen molar-refractivity contribution in [1.82, 2.24) is 19.7 Å². The molecular formula is C19H19BrN4O2. The molecule has 0 saturated heterocycles. The molecule has 7 heteroatoms. The number of fused-ring (bicyclic) bond motifs is 2. The summed E-state index contributed by atoms with van der Waals surface area (Å²) in [5.41, 5.74) is 4.39. The number of hydrogen-bond donors (Lipinski definition) is 1. The van der Waals surface area contributed by atoms with Gasteiger partial charge in [-0.05, 0) is 40.9 Å². The first-order valence-corrected chi connectivity index (χ1v) is 9.27. The Kier molecular flexibility index (Phi) is 4.32. The molecule has 0 spiro atoms. The Morgan fingerprint density at radius 2 is 2.15 bits per heavy atom. The second-order valence-corrected chi connectivity index (χ2v) is 7.23. The zero-order valence-electron chi connectivity index (χ0n) is 14.6. The number of carbonyl (C=O) groups is 1. The third kappa shape index (κ3) is 3.14. The summed E-state index contributed by atoms with van der Waals surface area (Å²) in [5, 5.41) is 8.68. The van der Waals surface area contributed by atoms with Crippen LogP contribution in [0.2, 0.25) is 0 Å². The molecule has 1 amide bonds. The molecule has 0 radical (unpaired) electrons. The van der Waals surface area contributed by atoms with Gasteiger partial charge in [-0.2, -0.15) is 5.10 Å². The minimum atomic E-state index is -0.101. The molecule has 0 fully saturated rings. The molecule has 0 aliphatic heterocycles. The number of rotatable bonds is 5. The van der Waals surface area contributed by atoms with Crippen LogP contribution in [0.3, 0.4) is 0 Å². The molecule has 3 aromatic heterocycles. The van der Waals surface area contributed by atoms with E-state index in [9.17, 15) is 4.79 Å². The molecule has 1 aromatic carbocycles. The summed E-state index contributed by atoms with van der Waals surface area (Å²) < 4.78 is 9.93. The van der Waals surface area contributed by atoms with Gasteiger partial charge in [0.1, 0.15) is 5.69 Å². The predicted molar refractivity (Wildman–Crippen MR) is 104 cm³/mol. The summed E-state index contributed by atoms with van der Waals surface area (Å²) in [7, 11) is 1.86. The van der Waals surface area contributed by atoms with E-state index in [0.29, 0.717) is 22.5 Å². The zero-order chi connectivity index (χ0) is 18.3. The van der Waals surface area contributed by atoms with Crippen molar-refractivity contribution in [3.8, 4) is 0 Å². The lowest BCUT2D eigenvalue weighted by Gasteiger charge is -2.06. The second kappa shape index (κ2) is 6.64. The summed E-state index contributed by atoms with van der Waals surface area (Å²) in [6.45, 7) is 3.41. The minimum absolute atomic E-state index is 0.101. The Hall–Kier alpha value is -2.54. The van der Waals surface area contributed by atoms with Crippen molar-refractivity contribution in [3.05, 3.63) is 52.5 Å². The van der Waals surface area contributed by atoms with E-state index in [1.54, 1.807) is 6.07 Å². The van der Waals surface area contributed by atoms with E-state index < -0.39 is 0 Å². The average molecular weight is 415 g/mol. The van der Waals surface area contributed by atoms with Crippen LogP contribution < -0.4 is 5.32 Å². The maximum atomic E-state index is 12.4. The molecule has 26 heavy (non-hydrogen) atoms. The highest BCUT2D eigenvalue weighted by Crippen LogP contribution is 2.26. The van der Waals surface area contributed by atoms with E-state index in [-0.39, 0.29) is 5.91 Å². The average Bonchev–Trinajstić information content (AvgIpc) is 3.25. The molecule has 6 nitrogen and oxygen atoms in total. The Balaban J connectivity index is 1.35. The number of carbonyl (C=O) groups excluding carboxylic acids is 1. The van der Waals surface area contributed by atoms with Gasteiger partial charge in [0.25, 0.3) is 5.91 Å². The summed E-state index contributed by atoms with van der Waals surface area (Å²) in [5.74, 6) is -0.101. The number of nitrogens with zero attached hydrogens (tertiary/aromatic N) is 3. The van der Waals surface area contributed by atoms with Gasteiger partial charge in [0.15, 0.2) is 10.3 Å². The second-order valence-electron chi connectivity index (χ2n) is 6.45. The largest absolute Gasteiger partial charge is 0.448 e. The van der Waals surface area contributed by atoms with Crippen molar-refractivity contribution in [2.75, 3.05) is 6.54 Å². The quantitative estimate of drug-likeness (QED) is 0.501. The predicted octanol–water partition coefficient (Wildman–Crippen LogP) is 4.01. The van der Waals surface area contributed by atoms with Gasteiger partial charge in [0.2, 0.25) is 0 Å². The fourth-order valence-corrected chi connectivity index (χ4v) is 3.52. The number of hydrogen-bond acceptors (Lipinski definition) is 3. The van der Waals surface area contributed by atoms with Gasteiger partial charge < -0.3 is 14.3 Å². The van der Waals surface area contributed by atoms with Gasteiger partial charge in [0, 0.05) is 43.9 Å². The van der Waals surface area contributed by atoms with Gasteiger partial charge in [-0.15, -0.1) is 0 Å². The first kappa shape index (κ1) is 16.9. The summed E-state index contributed by atoms with van der Waals surface area (Å²) in [6.07, 6.45) is 2.85. The molecule has 4 rings (SSSR count). The number of nitrogens with one attached hydrogen (secondary N) is 1. The number of aryl methyl sites for hydroxylation is 3. The fraction of sp³-hybridized carbons (Fsp3) is 0.263. The molecule has 0 aliphatic rings. The highest BCUT2D eigenvalue weighted by atomic mass is 79.9. The molecule has 1 N–H and O–H groups in total. The maximum Gasteiger partial charge on any atom is 0.268 e. The van der Waals surface area contributed by atoms with Crippen LogP contribution >= 0.6 is 15.9 Å². The van der Waals surface area contributed by atoms with E-state index in [4.69, 9.17) is 4.42 Å². The fourth-order valence-electron chi connectivity index (χ4n) is 3.12. The van der Waals surface area contributed by atoms with Gasteiger partial charge in [-0.3, -0.25) is 9.48 Å². The van der Waals surface area contributed by atoms with Crippen LogP contribution in [0.25, 0.3) is 22.0 Å². The van der Waals surface area contributed by atoms with Crippen LogP contribution in [-0.4, -0.2) is 26.8 Å². The number of furan rings is 1. The van der Waals surface area contributed by atoms with Crippen LogP contribution in [-0.2, 0) is 13.6 Å². The number of benzene rings is 1. The van der Waals surface area contributed by atoms with E-state index >= 15 is 0 Å². The highest BCUT2D eigenvalue weighted by molar-refractivity contribution is 9.10.